The number of nitrogens with one attached hydrogen (secondary N) is 2. The Morgan fingerprint density at radius 3 is 2.71 bits per heavy atom. The second kappa shape index (κ2) is 12.1. The van der Waals surface area contributed by atoms with E-state index >= 15 is 0 Å². The molecule has 0 aliphatic heterocycles. The number of benzene rings is 2. The number of carboxylic acid groups (broad SMARTS) is 1. The maximum atomic E-state index is 13.8. The summed E-state index contributed by atoms with van der Waals surface area (Å²) in [5, 5.41) is 18.6. The zero-order chi connectivity index (χ0) is 24.5. The molecule has 8 heteroatoms. The number of carbonyl (C=O) groups excluding carboxylic acids is 2. The number of rotatable bonds is 12. The summed E-state index contributed by atoms with van der Waals surface area (Å²) in [5.41, 5.74) is 3.60. The normalized spacial score (nSPS) is 11.6. The van der Waals surface area contributed by atoms with Crippen molar-refractivity contribution in [1.29, 1.82) is 0 Å². The van der Waals surface area contributed by atoms with E-state index in [0.29, 0.717) is 28.9 Å². The molecule has 6 nitrogen and oxygen atoms in total. The van der Waals surface area contributed by atoms with Crippen molar-refractivity contribution in [2.24, 2.45) is 5.92 Å². The van der Waals surface area contributed by atoms with Crippen molar-refractivity contribution in [2.45, 2.75) is 39.2 Å². The number of hydrogen-bond donors (Lipinski definition) is 2. The number of allylic oxidation sites excluding steroid dienone is 1. The largest absolute Gasteiger partial charge is 0.550 e. The third-order valence-electron chi connectivity index (χ3n) is 5.37. The SMILES string of the molecule is C=CC(C)CCCc1cc(F)ccc1NCc1ccc(C(=O)Nc2nc(CC(=O)[O-])cs2)cc1. The smallest absolute Gasteiger partial charge is 0.257 e. The van der Waals surface area contributed by atoms with Crippen molar-refractivity contribution in [3.63, 3.8) is 0 Å². The quantitative estimate of drug-likeness (QED) is 0.370. The molecule has 0 radical (unpaired) electrons. The van der Waals surface area contributed by atoms with Crippen LogP contribution in [0.25, 0.3) is 0 Å². The molecule has 1 unspecified atom stereocenters. The third-order valence-corrected chi connectivity index (χ3v) is 6.18. The zero-order valence-corrected chi connectivity index (χ0v) is 19.8. The molecule has 1 aromatic heterocycles. The molecule has 3 aromatic rings. The molecule has 0 aliphatic carbocycles. The van der Waals surface area contributed by atoms with Gasteiger partial charge in [-0.2, -0.15) is 0 Å². The number of aliphatic carboxylic acids is 1. The molecule has 0 aliphatic rings. The zero-order valence-electron chi connectivity index (χ0n) is 19.0. The molecule has 34 heavy (non-hydrogen) atoms. The van der Waals surface area contributed by atoms with Gasteiger partial charge in [-0.3, -0.25) is 10.1 Å². The number of aromatic nitrogens is 1. The number of halogens is 1. The third kappa shape index (κ3) is 7.52. The lowest BCUT2D eigenvalue weighted by Crippen LogP contribution is -2.24. The Kier molecular flexibility index (Phi) is 8.93. The van der Waals surface area contributed by atoms with Gasteiger partial charge in [-0.1, -0.05) is 25.1 Å². The van der Waals surface area contributed by atoms with Crippen LogP contribution in [0.5, 0.6) is 0 Å². The van der Waals surface area contributed by atoms with E-state index in [1.165, 1.54) is 6.07 Å². The first-order chi connectivity index (χ1) is 16.3. The van der Waals surface area contributed by atoms with Crippen LogP contribution >= 0.6 is 11.3 Å². The maximum absolute atomic E-state index is 13.8. The molecule has 0 saturated heterocycles. The summed E-state index contributed by atoms with van der Waals surface area (Å²) < 4.78 is 13.8. The van der Waals surface area contributed by atoms with Crippen LogP contribution in [-0.4, -0.2) is 16.9 Å². The van der Waals surface area contributed by atoms with Crippen LogP contribution in [0.2, 0.25) is 0 Å². The van der Waals surface area contributed by atoms with Crippen LogP contribution in [0.3, 0.4) is 0 Å². The van der Waals surface area contributed by atoms with E-state index in [1.807, 2.05) is 18.2 Å². The Labute approximate surface area is 202 Å². The molecule has 2 aromatic carbocycles. The predicted octanol–water partition coefficient (Wildman–Crippen LogP) is 4.58. The molecule has 0 fully saturated rings. The average molecular weight is 481 g/mol. The van der Waals surface area contributed by atoms with E-state index in [-0.39, 0.29) is 18.1 Å². The number of carboxylic acids is 1. The monoisotopic (exact) mass is 480 g/mol. The lowest BCUT2D eigenvalue weighted by atomic mass is 10.00. The fraction of sp³-hybridized carbons (Fsp3) is 0.269. The minimum absolute atomic E-state index is 0.250. The summed E-state index contributed by atoms with van der Waals surface area (Å²) in [6.45, 7) is 6.46. The molecule has 0 bridgehead atoms. The van der Waals surface area contributed by atoms with Gasteiger partial charge < -0.3 is 15.2 Å². The van der Waals surface area contributed by atoms with Gasteiger partial charge in [-0.15, -0.1) is 17.9 Å². The van der Waals surface area contributed by atoms with Crippen LogP contribution in [-0.2, 0) is 24.2 Å². The van der Waals surface area contributed by atoms with E-state index < -0.39 is 5.97 Å². The van der Waals surface area contributed by atoms with Crippen LogP contribution in [0, 0.1) is 11.7 Å². The highest BCUT2D eigenvalue weighted by molar-refractivity contribution is 7.14. The van der Waals surface area contributed by atoms with Crippen LogP contribution < -0.4 is 15.7 Å². The highest BCUT2D eigenvalue weighted by Crippen LogP contribution is 2.22. The molecule has 2 N–H and O–H groups in total. The highest BCUT2D eigenvalue weighted by atomic mass is 32.1. The number of thiazole rings is 1. The van der Waals surface area contributed by atoms with Crippen LogP contribution in [0.4, 0.5) is 15.2 Å². The standard InChI is InChI=1S/C26H28FN3O3S/c1-3-17(2)5-4-6-20-13-21(27)11-12-23(20)28-15-18-7-9-19(10-8-18)25(33)30-26-29-22(16-34-26)14-24(31)32/h3,7-13,16-17,28H,1,4-6,14-15H2,2H3,(H,31,32)(H,29,30,33)/p-1. The van der Waals surface area contributed by atoms with E-state index in [9.17, 15) is 19.1 Å². The topological polar surface area (TPSA) is 94.2 Å². The van der Waals surface area contributed by atoms with Gasteiger partial charge in [0.25, 0.3) is 5.91 Å². The van der Waals surface area contributed by atoms with Gasteiger partial charge in [0.2, 0.25) is 0 Å². The number of amides is 1. The molecule has 1 amide bonds. The number of nitrogens with zero attached hydrogens (tertiary/aromatic N) is 1. The van der Waals surface area contributed by atoms with Crippen molar-refractivity contribution >= 4 is 34.0 Å². The van der Waals surface area contributed by atoms with Crippen LogP contribution in [0.1, 0.15) is 46.9 Å². The van der Waals surface area contributed by atoms with Crippen molar-refractivity contribution in [3.05, 3.63) is 88.7 Å². The Hall–Kier alpha value is -3.52. The van der Waals surface area contributed by atoms with Crippen LogP contribution in [0.15, 0.2) is 60.5 Å². The minimum Gasteiger partial charge on any atom is -0.550 e. The summed E-state index contributed by atoms with van der Waals surface area (Å²) in [6.07, 6.45) is 4.36. The lowest BCUT2D eigenvalue weighted by molar-refractivity contribution is -0.304. The van der Waals surface area contributed by atoms with Crippen molar-refractivity contribution in [2.75, 3.05) is 10.6 Å². The Balaban J connectivity index is 1.56. The summed E-state index contributed by atoms with van der Waals surface area (Å²) in [6, 6.07) is 11.9. The first kappa shape index (κ1) is 25.1. The minimum atomic E-state index is -1.22. The Morgan fingerprint density at radius 1 is 1.24 bits per heavy atom. The molecule has 3 rings (SSSR count). The predicted molar refractivity (Wildman–Crippen MR) is 131 cm³/mol. The van der Waals surface area contributed by atoms with Gasteiger partial charge in [0, 0.05) is 35.6 Å². The number of anilines is 2. The molecule has 0 spiro atoms. The lowest BCUT2D eigenvalue weighted by Gasteiger charge is -2.13. The highest BCUT2D eigenvalue weighted by Gasteiger charge is 2.10. The Bertz CT molecular complexity index is 1140. The van der Waals surface area contributed by atoms with Gasteiger partial charge in [0.05, 0.1) is 5.69 Å². The van der Waals surface area contributed by atoms with Crippen molar-refractivity contribution in [3.8, 4) is 0 Å². The number of carbonyl (C=O) groups is 2. The van der Waals surface area contributed by atoms with E-state index in [2.05, 4.69) is 29.1 Å². The fourth-order valence-electron chi connectivity index (χ4n) is 3.41. The molecular formula is C26H27FN3O3S-. The number of aryl methyl sites for hydroxylation is 1. The van der Waals surface area contributed by atoms with Gasteiger partial charge >= 0.3 is 0 Å². The second-order valence-electron chi connectivity index (χ2n) is 8.10. The molecule has 1 heterocycles. The van der Waals surface area contributed by atoms with Crippen molar-refractivity contribution < 1.29 is 19.1 Å². The second-order valence-corrected chi connectivity index (χ2v) is 8.96. The summed E-state index contributed by atoms with van der Waals surface area (Å²) in [7, 11) is 0. The summed E-state index contributed by atoms with van der Waals surface area (Å²) in [5.74, 6) is -1.37. The van der Waals surface area contributed by atoms with E-state index in [0.717, 1.165) is 47.4 Å². The molecule has 178 valence electrons. The summed E-state index contributed by atoms with van der Waals surface area (Å²) in [4.78, 5) is 27.2. The van der Waals surface area contributed by atoms with Gasteiger partial charge in [0.1, 0.15) is 5.82 Å². The number of hydrogen-bond acceptors (Lipinski definition) is 6. The molecule has 0 saturated carbocycles. The van der Waals surface area contributed by atoms with Gasteiger partial charge in [-0.05, 0) is 66.6 Å². The maximum Gasteiger partial charge on any atom is 0.257 e. The van der Waals surface area contributed by atoms with E-state index in [4.69, 9.17) is 0 Å². The average Bonchev–Trinajstić information content (AvgIpc) is 3.24. The van der Waals surface area contributed by atoms with Gasteiger partial charge in [-0.25, -0.2) is 9.37 Å². The fourth-order valence-corrected chi connectivity index (χ4v) is 4.11. The first-order valence-electron chi connectivity index (χ1n) is 11.0. The van der Waals surface area contributed by atoms with Crippen molar-refractivity contribution in [1.82, 2.24) is 4.98 Å². The molecule has 1 atom stereocenters. The van der Waals surface area contributed by atoms with E-state index in [1.54, 1.807) is 29.6 Å². The Morgan fingerprint density at radius 2 is 2.00 bits per heavy atom. The summed E-state index contributed by atoms with van der Waals surface area (Å²) >= 11 is 1.16. The van der Waals surface area contributed by atoms with Gasteiger partial charge in [0.15, 0.2) is 5.13 Å². The molecular weight excluding hydrogens is 453 g/mol. The first-order valence-corrected chi connectivity index (χ1v) is 11.9.